The second-order valence-corrected chi connectivity index (χ2v) is 3.28. The molecule has 0 spiro atoms. The van der Waals surface area contributed by atoms with Gasteiger partial charge >= 0.3 is 5.97 Å². The first-order valence-electron chi connectivity index (χ1n) is 3.57. The molecule has 1 aromatic rings. The van der Waals surface area contributed by atoms with Gasteiger partial charge in [0.25, 0.3) is 0 Å². The van der Waals surface area contributed by atoms with Gasteiger partial charge in [-0.3, -0.25) is 0 Å². The molecule has 1 rings (SSSR count). The predicted molar refractivity (Wildman–Crippen MR) is 53.4 cm³/mol. The molecular formula is C9H8BrNO2. The molecule has 0 bridgehead atoms. The van der Waals surface area contributed by atoms with Crippen LogP contribution in [0.1, 0.15) is 15.9 Å². The summed E-state index contributed by atoms with van der Waals surface area (Å²) < 4.78 is 5.36. The molecule has 0 radical (unpaired) electrons. The number of rotatable bonds is 2. The maximum absolute atomic E-state index is 11.2. The average Bonchev–Trinajstić information content (AvgIpc) is 2.16. The summed E-state index contributed by atoms with van der Waals surface area (Å²) in [6.45, 7) is 0. The minimum absolute atomic E-state index is 0.395. The first-order chi connectivity index (χ1) is 6.19. The van der Waals surface area contributed by atoms with Crippen LogP contribution in [0.2, 0.25) is 0 Å². The third-order valence-electron chi connectivity index (χ3n) is 1.58. The quantitative estimate of drug-likeness (QED) is 0.638. The van der Waals surface area contributed by atoms with Crippen molar-refractivity contribution in [2.75, 3.05) is 7.11 Å². The number of hydrogen-bond donors (Lipinski definition) is 1. The smallest absolute Gasteiger partial charge is 0.338 e. The van der Waals surface area contributed by atoms with Gasteiger partial charge in [0.15, 0.2) is 0 Å². The van der Waals surface area contributed by atoms with E-state index >= 15 is 0 Å². The van der Waals surface area contributed by atoms with Crippen LogP contribution in [-0.4, -0.2) is 19.3 Å². The molecule has 0 fully saturated rings. The molecule has 0 unspecified atom stereocenters. The van der Waals surface area contributed by atoms with Crippen LogP contribution in [-0.2, 0) is 4.74 Å². The largest absolute Gasteiger partial charge is 0.465 e. The third-order valence-corrected chi connectivity index (χ3v) is 2.07. The van der Waals surface area contributed by atoms with E-state index in [0.29, 0.717) is 11.1 Å². The van der Waals surface area contributed by atoms with Crippen LogP contribution in [0.15, 0.2) is 22.7 Å². The highest BCUT2D eigenvalue weighted by molar-refractivity contribution is 9.10. The highest BCUT2D eigenvalue weighted by Gasteiger charge is 2.10. The Morgan fingerprint density at radius 1 is 1.62 bits per heavy atom. The topological polar surface area (TPSA) is 50.2 Å². The van der Waals surface area contributed by atoms with Crippen LogP contribution >= 0.6 is 15.9 Å². The zero-order valence-electron chi connectivity index (χ0n) is 7.00. The van der Waals surface area contributed by atoms with Crippen molar-refractivity contribution in [2.45, 2.75) is 0 Å². The number of methoxy groups -OCH3 is 1. The van der Waals surface area contributed by atoms with Crippen LogP contribution < -0.4 is 0 Å². The van der Waals surface area contributed by atoms with Crippen molar-refractivity contribution in [2.24, 2.45) is 0 Å². The molecule has 0 aliphatic carbocycles. The Kier molecular flexibility index (Phi) is 3.19. The SMILES string of the molecule is COC(=O)c1cc(Br)ccc1C=N. The van der Waals surface area contributed by atoms with Gasteiger partial charge in [0.2, 0.25) is 0 Å². The lowest BCUT2D eigenvalue weighted by Gasteiger charge is -2.03. The monoisotopic (exact) mass is 241 g/mol. The highest BCUT2D eigenvalue weighted by Crippen LogP contribution is 2.16. The molecule has 4 heteroatoms. The maximum atomic E-state index is 11.2. The zero-order valence-corrected chi connectivity index (χ0v) is 8.59. The Balaban J connectivity index is 3.23. The van der Waals surface area contributed by atoms with E-state index in [1.54, 1.807) is 18.2 Å². The van der Waals surface area contributed by atoms with Crippen molar-refractivity contribution < 1.29 is 9.53 Å². The normalized spacial score (nSPS) is 9.38. The number of benzene rings is 1. The van der Waals surface area contributed by atoms with E-state index in [0.717, 1.165) is 10.7 Å². The average molecular weight is 242 g/mol. The van der Waals surface area contributed by atoms with Crippen LogP contribution in [0.25, 0.3) is 0 Å². The van der Waals surface area contributed by atoms with Gasteiger partial charge in [0.1, 0.15) is 0 Å². The second kappa shape index (κ2) is 4.18. The molecule has 0 aromatic heterocycles. The molecule has 1 N–H and O–H groups in total. The Bertz CT molecular complexity index is 349. The van der Waals surface area contributed by atoms with Crippen LogP contribution in [0.3, 0.4) is 0 Å². The van der Waals surface area contributed by atoms with Gasteiger partial charge in [-0.1, -0.05) is 22.0 Å². The summed E-state index contributed by atoms with van der Waals surface area (Å²) >= 11 is 3.24. The summed E-state index contributed by atoms with van der Waals surface area (Å²) in [5.74, 6) is -0.431. The Labute approximate surface area is 84.4 Å². The van der Waals surface area contributed by atoms with E-state index in [-0.39, 0.29) is 0 Å². The predicted octanol–water partition coefficient (Wildman–Crippen LogP) is 2.23. The summed E-state index contributed by atoms with van der Waals surface area (Å²) in [5, 5.41) is 7.08. The fourth-order valence-electron chi connectivity index (χ4n) is 0.941. The van der Waals surface area contributed by atoms with E-state index in [1.165, 1.54) is 7.11 Å². The van der Waals surface area contributed by atoms with Crippen molar-refractivity contribution >= 4 is 28.1 Å². The number of hydrogen-bond acceptors (Lipinski definition) is 3. The number of carbonyl (C=O) groups excluding carboxylic acids is 1. The number of carbonyl (C=O) groups is 1. The second-order valence-electron chi connectivity index (χ2n) is 2.37. The van der Waals surface area contributed by atoms with E-state index in [9.17, 15) is 4.79 Å². The molecular weight excluding hydrogens is 234 g/mol. The first kappa shape index (κ1) is 9.92. The van der Waals surface area contributed by atoms with Crippen LogP contribution in [0.4, 0.5) is 0 Å². The molecule has 0 heterocycles. The maximum Gasteiger partial charge on any atom is 0.338 e. The minimum atomic E-state index is -0.431. The molecule has 0 aliphatic heterocycles. The molecule has 0 atom stereocenters. The highest BCUT2D eigenvalue weighted by atomic mass is 79.9. The lowest BCUT2D eigenvalue weighted by Crippen LogP contribution is -2.05. The van der Waals surface area contributed by atoms with E-state index < -0.39 is 5.97 Å². The Morgan fingerprint density at radius 3 is 2.85 bits per heavy atom. The van der Waals surface area contributed by atoms with Gasteiger partial charge in [-0.2, -0.15) is 0 Å². The van der Waals surface area contributed by atoms with Gasteiger partial charge in [0, 0.05) is 16.3 Å². The zero-order chi connectivity index (χ0) is 9.84. The summed E-state index contributed by atoms with van der Waals surface area (Å²) in [4.78, 5) is 11.2. The van der Waals surface area contributed by atoms with E-state index in [2.05, 4.69) is 20.7 Å². The van der Waals surface area contributed by atoms with Gasteiger partial charge in [-0.05, 0) is 12.1 Å². The van der Waals surface area contributed by atoms with E-state index in [4.69, 9.17) is 5.41 Å². The third kappa shape index (κ3) is 2.15. The molecule has 0 saturated carbocycles. The summed E-state index contributed by atoms with van der Waals surface area (Å²) in [6, 6.07) is 5.09. The van der Waals surface area contributed by atoms with Crippen molar-refractivity contribution in [3.8, 4) is 0 Å². The number of esters is 1. The Morgan fingerprint density at radius 2 is 2.31 bits per heavy atom. The lowest BCUT2D eigenvalue weighted by molar-refractivity contribution is 0.0600. The number of ether oxygens (including phenoxy) is 1. The first-order valence-corrected chi connectivity index (χ1v) is 4.36. The molecule has 0 amide bonds. The number of halogens is 1. The number of nitrogens with one attached hydrogen (secondary N) is 1. The molecule has 0 saturated heterocycles. The van der Waals surface area contributed by atoms with Crippen molar-refractivity contribution in [3.63, 3.8) is 0 Å². The summed E-state index contributed by atoms with van der Waals surface area (Å²) in [5.41, 5.74) is 0.946. The minimum Gasteiger partial charge on any atom is -0.465 e. The molecule has 0 aliphatic rings. The van der Waals surface area contributed by atoms with Gasteiger partial charge in [-0.25, -0.2) is 4.79 Å². The summed E-state index contributed by atoms with van der Waals surface area (Å²) in [6.07, 6.45) is 1.12. The fourth-order valence-corrected chi connectivity index (χ4v) is 1.30. The van der Waals surface area contributed by atoms with Crippen molar-refractivity contribution in [1.29, 1.82) is 5.41 Å². The van der Waals surface area contributed by atoms with Crippen molar-refractivity contribution in [1.82, 2.24) is 0 Å². The summed E-state index contributed by atoms with van der Waals surface area (Å²) in [7, 11) is 1.32. The Hall–Kier alpha value is -1.16. The van der Waals surface area contributed by atoms with Crippen LogP contribution in [0, 0.1) is 5.41 Å². The van der Waals surface area contributed by atoms with Gasteiger partial charge in [0.05, 0.1) is 12.7 Å². The standard InChI is InChI=1S/C9H8BrNO2/c1-13-9(12)8-4-7(10)3-2-6(8)5-11/h2-5,11H,1H3. The molecule has 1 aromatic carbocycles. The molecule has 13 heavy (non-hydrogen) atoms. The molecule has 68 valence electrons. The lowest BCUT2D eigenvalue weighted by atomic mass is 10.1. The van der Waals surface area contributed by atoms with E-state index in [1.807, 2.05) is 0 Å². The van der Waals surface area contributed by atoms with Gasteiger partial charge < -0.3 is 10.1 Å². The fraction of sp³-hybridized carbons (Fsp3) is 0.111. The van der Waals surface area contributed by atoms with Crippen molar-refractivity contribution in [3.05, 3.63) is 33.8 Å². The molecule has 3 nitrogen and oxygen atoms in total. The van der Waals surface area contributed by atoms with Gasteiger partial charge in [-0.15, -0.1) is 0 Å². The van der Waals surface area contributed by atoms with Crippen LogP contribution in [0.5, 0.6) is 0 Å².